The normalized spacial score (nSPS) is 15.2. The van der Waals surface area contributed by atoms with Gasteiger partial charge in [0.15, 0.2) is 5.03 Å². The average molecular weight is 280 g/mol. The zero-order valence-electron chi connectivity index (χ0n) is 10.7. The van der Waals surface area contributed by atoms with Gasteiger partial charge in [0.05, 0.1) is 11.8 Å². The lowest BCUT2D eigenvalue weighted by atomic mass is 10.4. The number of hydrogen-bond donors (Lipinski definition) is 1. The van der Waals surface area contributed by atoms with E-state index in [4.69, 9.17) is 5.26 Å². The van der Waals surface area contributed by atoms with Gasteiger partial charge in [-0.05, 0) is 25.0 Å². The third kappa shape index (κ3) is 2.85. The third-order valence-electron chi connectivity index (χ3n) is 2.99. The Morgan fingerprint density at radius 2 is 2.32 bits per heavy atom. The fourth-order valence-electron chi connectivity index (χ4n) is 1.92. The molecule has 7 heteroatoms. The Morgan fingerprint density at radius 3 is 2.89 bits per heavy atom. The minimum absolute atomic E-state index is 0.0186. The van der Waals surface area contributed by atoms with Crippen LogP contribution in [0.5, 0.6) is 0 Å². The van der Waals surface area contributed by atoms with E-state index in [0.29, 0.717) is 5.69 Å². The first-order valence-electron chi connectivity index (χ1n) is 6.13. The van der Waals surface area contributed by atoms with E-state index in [1.165, 1.54) is 10.5 Å². The van der Waals surface area contributed by atoms with Crippen molar-refractivity contribution in [3.63, 3.8) is 0 Å². The fraction of sp³-hybridized carbons (Fsp3) is 0.500. The maximum absolute atomic E-state index is 12.6. The number of anilines is 1. The Labute approximate surface area is 113 Å². The van der Waals surface area contributed by atoms with Gasteiger partial charge in [0, 0.05) is 32.3 Å². The number of nitriles is 1. The molecule has 1 aliphatic carbocycles. The lowest BCUT2D eigenvalue weighted by Gasteiger charge is -2.21. The number of sulfonamides is 1. The quantitative estimate of drug-likeness (QED) is 0.846. The molecule has 1 aromatic heterocycles. The molecular weight excluding hydrogens is 264 g/mol. The van der Waals surface area contributed by atoms with E-state index in [2.05, 4.69) is 10.3 Å². The molecule has 0 aromatic carbocycles. The number of aromatic nitrogens is 1. The van der Waals surface area contributed by atoms with Crippen LogP contribution in [-0.2, 0) is 10.0 Å². The van der Waals surface area contributed by atoms with Crippen LogP contribution in [-0.4, -0.2) is 37.3 Å². The summed E-state index contributed by atoms with van der Waals surface area (Å²) in [4.78, 5) is 3.99. The highest BCUT2D eigenvalue weighted by molar-refractivity contribution is 7.89. The van der Waals surface area contributed by atoms with Gasteiger partial charge < -0.3 is 5.32 Å². The van der Waals surface area contributed by atoms with Gasteiger partial charge in [0.1, 0.15) is 0 Å². The molecule has 1 aromatic rings. The van der Waals surface area contributed by atoms with Gasteiger partial charge in [0.2, 0.25) is 0 Å². The molecule has 1 N–H and O–H groups in total. The molecule has 0 radical (unpaired) electrons. The van der Waals surface area contributed by atoms with Crippen molar-refractivity contribution >= 4 is 15.7 Å². The molecule has 1 heterocycles. The van der Waals surface area contributed by atoms with Gasteiger partial charge >= 0.3 is 0 Å². The number of rotatable bonds is 6. The maximum Gasteiger partial charge on any atom is 0.262 e. The summed E-state index contributed by atoms with van der Waals surface area (Å²) < 4.78 is 26.6. The second-order valence-electron chi connectivity index (χ2n) is 4.36. The average Bonchev–Trinajstić information content (AvgIpc) is 3.23. The van der Waals surface area contributed by atoms with E-state index >= 15 is 0 Å². The number of hydrogen-bond acceptors (Lipinski definition) is 5. The molecule has 0 amide bonds. The van der Waals surface area contributed by atoms with Crippen LogP contribution in [0.25, 0.3) is 0 Å². The summed E-state index contributed by atoms with van der Waals surface area (Å²) in [7, 11) is -1.98. The fourth-order valence-corrected chi connectivity index (χ4v) is 3.72. The SMILES string of the molecule is CNc1cccnc1S(=O)(=O)N(CCC#N)C1CC1. The molecule has 102 valence electrons. The summed E-state index contributed by atoms with van der Waals surface area (Å²) in [6, 6.07) is 5.37. The van der Waals surface area contributed by atoms with Gasteiger partial charge in [-0.25, -0.2) is 13.4 Å². The summed E-state index contributed by atoms with van der Waals surface area (Å²) in [5.74, 6) is 0. The highest BCUT2D eigenvalue weighted by Gasteiger charge is 2.39. The topological polar surface area (TPSA) is 86.1 Å². The highest BCUT2D eigenvalue weighted by atomic mass is 32.2. The second kappa shape index (κ2) is 5.55. The summed E-state index contributed by atoms with van der Waals surface area (Å²) in [5.41, 5.74) is 0.477. The van der Waals surface area contributed by atoms with Gasteiger partial charge in [-0.1, -0.05) is 0 Å². The first-order chi connectivity index (χ1) is 9.11. The molecule has 0 unspecified atom stereocenters. The van der Waals surface area contributed by atoms with Crippen molar-refractivity contribution in [3.05, 3.63) is 18.3 Å². The van der Waals surface area contributed by atoms with Gasteiger partial charge in [0.25, 0.3) is 10.0 Å². The lowest BCUT2D eigenvalue weighted by Crippen LogP contribution is -2.34. The Bertz CT molecular complexity index is 590. The van der Waals surface area contributed by atoms with Crippen LogP contribution in [0, 0.1) is 11.3 Å². The lowest BCUT2D eigenvalue weighted by molar-refractivity contribution is 0.409. The summed E-state index contributed by atoms with van der Waals surface area (Å²) in [6.07, 6.45) is 3.36. The van der Waals surface area contributed by atoms with Crippen molar-refractivity contribution in [3.8, 4) is 6.07 Å². The first kappa shape index (κ1) is 13.8. The second-order valence-corrected chi connectivity index (χ2v) is 6.17. The van der Waals surface area contributed by atoms with Crippen LogP contribution in [0.2, 0.25) is 0 Å². The van der Waals surface area contributed by atoms with Crippen LogP contribution in [0.1, 0.15) is 19.3 Å². The molecule has 1 saturated carbocycles. The summed E-state index contributed by atoms with van der Waals surface area (Å²) in [6.45, 7) is 0.225. The number of nitrogens with zero attached hydrogens (tertiary/aromatic N) is 3. The molecular formula is C12H16N4O2S. The smallest absolute Gasteiger partial charge is 0.262 e. The van der Waals surface area contributed by atoms with E-state index in [9.17, 15) is 8.42 Å². The molecule has 0 saturated heterocycles. The van der Waals surface area contributed by atoms with Crippen molar-refractivity contribution in [2.45, 2.75) is 30.3 Å². The molecule has 0 spiro atoms. The van der Waals surface area contributed by atoms with Crippen molar-refractivity contribution in [1.29, 1.82) is 5.26 Å². The monoisotopic (exact) mass is 280 g/mol. The van der Waals surface area contributed by atoms with Crippen LogP contribution < -0.4 is 5.32 Å². The molecule has 6 nitrogen and oxygen atoms in total. The minimum Gasteiger partial charge on any atom is -0.386 e. The summed E-state index contributed by atoms with van der Waals surface area (Å²) >= 11 is 0. The number of nitrogens with one attached hydrogen (secondary N) is 1. The Balaban J connectivity index is 2.36. The zero-order chi connectivity index (χ0) is 13.9. The van der Waals surface area contributed by atoms with Crippen LogP contribution in [0.15, 0.2) is 23.4 Å². The Hall–Kier alpha value is -1.65. The van der Waals surface area contributed by atoms with Gasteiger partial charge in [-0.3, -0.25) is 0 Å². The maximum atomic E-state index is 12.6. The van der Waals surface area contributed by atoms with Gasteiger partial charge in [-0.15, -0.1) is 0 Å². The van der Waals surface area contributed by atoms with Crippen molar-refractivity contribution in [1.82, 2.24) is 9.29 Å². The zero-order valence-corrected chi connectivity index (χ0v) is 11.5. The van der Waals surface area contributed by atoms with E-state index in [1.807, 2.05) is 6.07 Å². The van der Waals surface area contributed by atoms with Gasteiger partial charge in [-0.2, -0.15) is 9.57 Å². The molecule has 1 aliphatic rings. The van der Waals surface area contributed by atoms with E-state index < -0.39 is 10.0 Å². The predicted octanol–water partition coefficient (Wildman–Crippen LogP) is 1.19. The molecule has 2 rings (SSSR count). The minimum atomic E-state index is -3.64. The van der Waals surface area contributed by atoms with E-state index in [0.717, 1.165) is 12.8 Å². The summed E-state index contributed by atoms with van der Waals surface area (Å²) in [5, 5.41) is 11.5. The van der Waals surface area contributed by atoms with Crippen LogP contribution in [0.3, 0.4) is 0 Å². The van der Waals surface area contributed by atoms with Crippen LogP contribution >= 0.6 is 0 Å². The molecule has 19 heavy (non-hydrogen) atoms. The Morgan fingerprint density at radius 1 is 1.58 bits per heavy atom. The molecule has 0 aliphatic heterocycles. The van der Waals surface area contributed by atoms with E-state index in [-0.39, 0.29) is 24.0 Å². The van der Waals surface area contributed by atoms with Crippen molar-refractivity contribution < 1.29 is 8.42 Å². The third-order valence-corrected chi connectivity index (χ3v) is 4.90. The van der Waals surface area contributed by atoms with E-state index in [1.54, 1.807) is 19.2 Å². The van der Waals surface area contributed by atoms with Crippen molar-refractivity contribution in [2.24, 2.45) is 0 Å². The van der Waals surface area contributed by atoms with Crippen molar-refractivity contribution in [2.75, 3.05) is 18.9 Å². The molecule has 0 atom stereocenters. The molecule has 1 fully saturated rings. The Kier molecular flexibility index (Phi) is 4.02. The number of pyridine rings is 1. The first-order valence-corrected chi connectivity index (χ1v) is 7.57. The standard InChI is InChI=1S/C12H16N4O2S/c1-14-11-4-2-8-15-12(11)19(17,18)16(9-3-7-13)10-5-6-10/h2,4,8,10,14H,3,5-6,9H2,1H3. The molecule has 0 bridgehead atoms. The largest absolute Gasteiger partial charge is 0.386 e. The van der Waals surface area contributed by atoms with Crippen LogP contribution in [0.4, 0.5) is 5.69 Å². The highest BCUT2D eigenvalue weighted by Crippen LogP contribution is 2.33. The predicted molar refractivity (Wildman–Crippen MR) is 70.9 cm³/mol.